The lowest BCUT2D eigenvalue weighted by Crippen LogP contribution is -2.57. The van der Waals surface area contributed by atoms with E-state index in [-0.39, 0.29) is 6.10 Å². The maximum absolute atomic E-state index is 11.8. The van der Waals surface area contributed by atoms with Gasteiger partial charge in [0.2, 0.25) is 0 Å². The summed E-state index contributed by atoms with van der Waals surface area (Å²) in [6.45, 7) is 2.71. The van der Waals surface area contributed by atoms with E-state index in [4.69, 9.17) is 9.47 Å². The summed E-state index contributed by atoms with van der Waals surface area (Å²) in [4.78, 5) is 14.0. The van der Waals surface area contributed by atoms with Gasteiger partial charge >= 0.3 is 5.97 Å². The Balaban J connectivity index is 1.58. The van der Waals surface area contributed by atoms with Crippen LogP contribution in [0.25, 0.3) is 0 Å². The van der Waals surface area contributed by atoms with Crippen LogP contribution in [0, 0.1) is 0 Å². The lowest BCUT2D eigenvalue weighted by molar-refractivity contribution is -0.158. The zero-order valence-corrected chi connectivity index (χ0v) is 12.8. The second-order valence-electron chi connectivity index (χ2n) is 6.70. The molecular formula is C16H27NO4. The van der Waals surface area contributed by atoms with E-state index < -0.39 is 11.5 Å². The predicted octanol–water partition coefficient (Wildman–Crippen LogP) is 2.04. The molecule has 5 heteroatoms. The first-order valence-corrected chi connectivity index (χ1v) is 8.42. The third-order valence-electron chi connectivity index (χ3n) is 5.41. The van der Waals surface area contributed by atoms with Crippen molar-refractivity contribution in [2.24, 2.45) is 0 Å². The number of hydrogen-bond donors (Lipinski definition) is 1. The number of carbonyl (C=O) groups is 1. The highest BCUT2D eigenvalue weighted by molar-refractivity contribution is 5.79. The first-order chi connectivity index (χ1) is 10.2. The highest BCUT2D eigenvalue weighted by atomic mass is 16.5. The van der Waals surface area contributed by atoms with E-state index in [9.17, 15) is 9.90 Å². The maximum atomic E-state index is 11.8. The van der Waals surface area contributed by atoms with Gasteiger partial charge in [0.15, 0.2) is 0 Å². The van der Waals surface area contributed by atoms with Gasteiger partial charge in [0.05, 0.1) is 12.2 Å². The zero-order valence-electron chi connectivity index (χ0n) is 12.8. The minimum absolute atomic E-state index is 0.215. The van der Waals surface area contributed by atoms with Crippen molar-refractivity contribution in [2.75, 3.05) is 26.3 Å². The van der Waals surface area contributed by atoms with Gasteiger partial charge in [0, 0.05) is 26.3 Å². The molecule has 1 atom stereocenters. The highest BCUT2D eigenvalue weighted by Gasteiger charge is 2.48. The Morgan fingerprint density at radius 2 is 1.81 bits per heavy atom. The summed E-state index contributed by atoms with van der Waals surface area (Å²) in [6, 6.07) is 0. The van der Waals surface area contributed by atoms with Crippen molar-refractivity contribution in [3.63, 3.8) is 0 Å². The fourth-order valence-corrected chi connectivity index (χ4v) is 4.08. The molecule has 3 fully saturated rings. The monoisotopic (exact) mass is 297 g/mol. The number of hydrogen-bond acceptors (Lipinski definition) is 4. The standard InChI is InChI=1S/C16H27NO4/c18-15(19)16(7-10-20-11-8-16)17-9-6-14(12-17)21-13-4-2-1-3-5-13/h13-14H,1-12H2,(H,18,19)/t14-/m1/s1. The van der Waals surface area contributed by atoms with Crippen LogP contribution in [0.4, 0.5) is 0 Å². The molecule has 3 aliphatic rings. The van der Waals surface area contributed by atoms with Gasteiger partial charge in [0.1, 0.15) is 5.54 Å². The van der Waals surface area contributed by atoms with Gasteiger partial charge in [0.25, 0.3) is 0 Å². The number of carboxylic acids is 1. The molecule has 2 aliphatic heterocycles. The number of rotatable bonds is 4. The Kier molecular flexibility index (Phi) is 4.82. The lowest BCUT2D eigenvalue weighted by Gasteiger charge is -2.41. The zero-order chi connectivity index (χ0) is 14.7. The van der Waals surface area contributed by atoms with Crippen LogP contribution in [0.5, 0.6) is 0 Å². The SMILES string of the molecule is O=C(O)C1(N2CC[C@@H](OC3CCCCC3)C2)CCOCC1. The van der Waals surface area contributed by atoms with Gasteiger partial charge in [-0.05, 0) is 32.1 Å². The fraction of sp³-hybridized carbons (Fsp3) is 0.938. The van der Waals surface area contributed by atoms with E-state index in [2.05, 4.69) is 4.90 Å². The lowest BCUT2D eigenvalue weighted by atomic mass is 9.88. The van der Waals surface area contributed by atoms with E-state index >= 15 is 0 Å². The van der Waals surface area contributed by atoms with Crippen molar-refractivity contribution in [3.8, 4) is 0 Å². The van der Waals surface area contributed by atoms with Gasteiger partial charge in [-0.3, -0.25) is 9.69 Å². The van der Waals surface area contributed by atoms with Crippen molar-refractivity contribution in [3.05, 3.63) is 0 Å². The van der Waals surface area contributed by atoms with Crippen molar-refractivity contribution >= 4 is 5.97 Å². The van der Waals surface area contributed by atoms with Crippen molar-refractivity contribution in [2.45, 2.75) is 69.1 Å². The third-order valence-corrected chi connectivity index (χ3v) is 5.41. The number of carboxylic acid groups (broad SMARTS) is 1. The van der Waals surface area contributed by atoms with Crippen LogP contribution in [0.2, 0.25) is 0 Å². The van der Waals surface area contributed by atoms with E-state index in [1.54, 1.807) is 0 Å². The summed E-state index contributed by atoms with van der Waals surface area (Å²) in [5, 5.41) is 9.72. The maximum Gasteiger partial charge on any atom is 0.324 e. The molecule has 1 N–H and O–H groups in total. The molecular weight excluding hydrogens is 270 g/mol. The van der Waals surface area contributed by atoms with Crippen LogP contribution in [-0.4, -0.2) is 60.0 Å². The molecule has 0 spiro atoms. The van der Waals surface area contributed by atoms with Crippen LogP contribution < -0.4 is 0 Å². The summed E-state index contributed by atoms with van der Waals surface area (Å²) in [7, 11) is 0. The van der Waals surface area contributed by atoms with Crippen molar-refractivity contribution in [1.29, 1.82) is 0 Å². The molecule has 2 heterocycles. The van der Waals surface area contributed by atoms with E-state index in [1.165, 1.54) is 32.1 Å². The molecule has 2 saturated heterocycles. The molecule has 3 rings (SSSR count). The van der Waals surface area contributed by atoms with Crippen LogP contribution in [0.3, 0.4) is 0 Å². The molecule has 120 valence electrons. The van der Waals surface area contributed by atoms with Crippen molar-refractivity contribution in [1.82, 2.24) is 4.90 Å². The normalized spacial score (nSPS) is 31.3. The largest absolute Gasteiger partial charge is 0.480 e. The van der Waals surface area contributed by atoms with E-state index in [0.29, 0.717) is 32.2 Å². The first kappa shape index (κ1) is 15.3. The molecule has 1 aliphatic carbocycles. The van der Waals surface area contributed by atoms with Gasteiger partial charge in [-0.1, -0.05) is 19.3 Å². The number of likely N-dealkylation sites (tertiary alicyclic amines) is 1. The van der Waals surface area contributed by atoms with Gasteiger partial charge in [-0.2, -0.15) is 0 Å². The molecule has 0 amide bonds. The van der Waals surface area contributed by atoms with Crippen LogP contribution in [0.15, 0.2) is 0 Å². The van der Waals surface area contributed by atoms with Gasteiger partial charge in [-0.25, -0.2) is 0 Å². The summed E-state index contributed by atoms with van der Waals surface area (Å²) in [5.74, 6) is -0.691. The molecule has 0 aromatic heterocycles. The molecule has 0 bridgehead atoms. The molecule has 5 nitrogen and oxygen atoms in total. The summed E-state index contributed by atoms with van der Waals surface area (Å²) >= 11 is 0. The predicted molar refractivity (Wildman–Crippen MR) is 78.4 cm³/mol. The topological polar surface area (TPSA) is 59.0 Å². The minimum Gasteiger partial charge on any atom is -0.480 e. The van der Waals surface area contributed by atoms with Crippen molar-refractivity contribution < 1.29 is 19.4 Å². The Morgan fingerprint density at radius 3 is 2.48 bits per heavy atom. The summed E-state index contributed by atoms with van der Waals surface area (Å²) in [5.41, 5.74) is -0.719. The Labute approximate surface area is 126 Å². The Morgan fingerprint density at radius 1 is 1.10 bits per heavy atom. The molecule has 1 saturated carbocycles. The van der Waals surface area contributed by atoms with Crippen LogP contribution >= 0.6 is 0 Å². The molecule has 0 aromatic carbocycles. The first-order valence-electron chi connectivity index (χ1n) is 8.42. The number of aliphatic carboxylic acids is 1. The Bertz CT molecular complexity index is 361. The second kappa shape index (κ2) is 6.63. The molecule has 0 aromatic rings. The smallest absolute Gasteiger partial charge is 0.324 e. The van der Waals surface area contributed by atoms with Crippen LogP contribution in [-0.2, 0) is 14.3 Å². The molecule has 0 radical (unpaired) electrons. The average molecular weight is 297 g/mol. The molecule has 0 unspecified atom stereocenters. The third kappa shape index (κ3) is 3.25. The minimum atomic E-state index is -0.719. The average Bonchev–Trinajstić information content (AvgIpc) is 2.98. The second-order valence-corrected chi connectivity index (χ2v) is 6.70. The Hall–Kier alpha value is -0.650. The van der Waals surface area contributed by atoms with Crippen LogP contribution in [0.1, 0.15) is 51.4 Å². The van der Waals surface area contributed by atoms with Gasteiger partial charge < -0.3 is 14.6 Å². The van der Waals surface area contributed by atoms with E-state index in [1.807, 2.05) is 0 Å². The number of nitrogens with zero attached hydrogens (tertiary/aromatic N) is 1. The quantitative estimate of drug-likeness (QED) is 0.860. The fourth-order valence-electron chi connectivity index (χ4n) is 4.08. The number of ether oxygens (including phenoxy) is 2. The summed E-state index contributed by atoms with van der Waals surface area (Å²) < 4.78 is 11.6. The summed E-state index contributed by atoms with van der Waals surface area (Å²) in [6.07, 6.45) is 9.01. The van der Waals surface area contributed by atoms with Gasteiger partial charge in [-0.15, -0.1) is 0 Å². The molecule has 21 heavy (non-hydrogen) atoms. The highest BCUT2D eigenvalue weighted by Crippen LogP contribution is 2.33. The van der Waals surface area contributed by atoms with E-state index in [0.717, 1.165) is 19.5 Å².